The lowest BCUT2D eigenvalue weighted by Crippen LogP contribution is -2.37. The van der Waals surface area contributed by atoms with Crippen molar-refractivity contribution in [1.82, 2.24) is 24.9 Å². The number of rotatable bonds is 4. The van der Waals surface area contributed by atoms with E-state index in [1.165, 1.54) is 24.4 Å². The predicted octanol–water partition coefficient (Wildman–Crippen LogP) is 3.76. The highest BCUT2D eigenvalue weighted by molar-refractivity contribution is 6.42. The minimum absolute atomic E-state index is 0.0358. The molecule has 1 saturated heterocycles. The first-order valence-electron chi connectivity index (χ1n) is 10.5. The van der Waals surface area contributed by atoms with Gasteiger partial charge in [-0.15, -0.1) is 5.10 Å². The van der Waals surface area contributed by atoms with E-state index in [1.807, 2.05) is 12.1 Å². The lowest BCUT2D eigenvalue weighted by atomic mass is 10.2. The average molecular weight is 503 g/mol. The Hall–Kier alpha value is -3.27. The molecule has 4 heterocycles. The molecule has 1 fully saturated rings. The Morgan fingerprint density at radius 2 is 1.91 bits per heavy atom. The summed E-state index contributed by atoms with van der Waals surface area (Å²) < 4.78 is 13.5. The van der Waals surface area contributed by atoms with Gasteiger partial charge in [-0.05, 0) is 36.8 Å². The van der Waals surface area contributed by atoms with Crippen LogP contribution in [0, 0.1) is 5.82 Å². The molecule has 2 N–H and O–H groups in total. The summed E-state index contributed by atoms with van der Waals surface area (Å²) >= 11 is 11.8. The molecule has 3 aromatic heterocycles. The van der Waals surface area contributed by atoms with Crippen LogP contribution in [-0.4, -0.2) is 49.7 Å². The van der Waals surface area contributed by atoms with Gasteiger partial charge < -0.3 is 15.3 Å². The number of aliphatic hydroxyl groups excluding tert-OH is 1. The fourth-order valence-corrected chi connectivity index (χ4v) is 3.74. The number of hydrogen-bond donors (Lipinski definition) is 2. The van der Waals surface area contributed by atoms with E-state index in [-0.39, 0.29) is 30.1 Å². The van der Waals surface area contributed by atoms with Crippen LogP contribution in [0.25, 0.3) is 5.65 Å². The van der Waals surface area contributed by atoms with Gasteiger partial charge >= 0.3 is 0 Å². The molecule has 0 unspecified atom stereocenters. The highest BCUT2D eigenvalue weighted by atomic mass is 35.5. The van der Waals surface area contributed by atoms with Crippen LogP contribution in [0.1, 0.15) is 22.6 Å². The summed E-state index contributed by atoms with van der Waals surface area (Å²) in [6.45, 7) is 1.24. The summed E-state index contributed by atoms with van der Waals surface area (Å²) in [4.78, 5) is 22.7. The van der Waals surface area contributed by atoms with Crippen molar-refractivity contribution in [2.24, 2.45) is 0 Å². The molecule has 1 aliphatic rings. The molecule has 1 aromatic carbocycles. The van der Waals surface area contributed by atoms with Gasteiger partial charge in [0.25, 0.3) is 5.91 Å². The number of fused-ring (bicyclic) bond motifs is 1. The third-order valence-corrected chi connectivity index (χ3v) is 5.91. The van der Waals surface area contributed by atoms with Crippen LogP contribution in [0.5, 0.6) is 0 Å². The second-order valence-corrected chi connectivity index (χ2v) is 8.37. The van der Waals surface area contributed by atoms with E-state index in [2.05, 4.69) is 25.3 Å². The first-order chi connectivity index (χ1) is 16.4. The first-order valence-corrected chi connectivity index (χ1v) is 11.2. The molecule has 0 radical (unpaired) electrons. The second kappa shape index (κ2) is 10.8. The Morgan fingerprint density at radius 1 is 1.12 bits per heavy atom. The maximum absolute atomic E-state index is 12.4. The Bertz CT molecular complexity index is 1290. The van der Waals surface area contributed by atoms with Crippen LogP contribution in [0.2, 0.25) is 10.0 Å². The van der Waals surface area contributed by atoms with E-state index >= 15 is 0 Å². The SMILES string of the molecule is Fc1ccccc1.O=C(N[C@H]1CCN(c2ccc3ncc(CO)n3n2)C1)c1cc(Cl)c(Cl)cn1. The molecule has 0 spiro atoms. The predicted molar refractivity (Wildman–Crippen MR) is 128 cm³/mol. The summed E-state index contributed by atoms with van der Waals surface area (Å²) in [5.74, 6) is 0.295. The Kier molecular flexibility index (Phi) is 7.56. The Morgan fingerprint density at radius 3 is 2.59 bits per heavy atom. The van der Waals surface area contributed by atoms with Crippen molar-refractivity contribution in [3.63, 3.8) is 0 Å². The zero-order chi connectivity index (χ0) is 24.1. The van der Waals surface area contributed by atoms with Crippen molar-refractivity contribution >= 4 is 40.6 Å². The number of pyridine rings is 1. The maximum atomic E-state index is 12.4. The number of halogens is 3. The first kappa shape index (κ1) is 23.9. The highest BCUT2D eigenvalue weighted by Gasteiger charge is 2.26. The molecule has 1 atom stereocenters. The number of amides is 1. The van der Waals surface area contributed by atoms with Crippen molar-refractivity contribution in [2.45, 2.75) is 19.1 Å². The van der Waals surface area contributed by atoms with Crippen molar-refractivity contribution in [2.75, 3.05) is 18.0 Å². The summed E-state index contributed by atoms with van der Waals surface area (Å²) in [5.41, 5.74) is 1.53. The zero-order valence-corrected chi connectivity index (χ0v) is 19.4. The number of carbonyl (C=O) groups excluding carboxylic acids is 1. The van der Waals surface area contributed by atoms with E-state index in [1.54, 1.807) is 28.9 Å². The van der Waals surface area contributed by atoms with E-state index in [0.29, 0.717) is 27.9 Å². The van der Waals surface area contributed by atoms with Crippen molar-refractivity contribution in [3.05, 3.63) is 88.2 Å². The maximum Gasteiger partial charge on any atom is 0.270 e. The van der Waals surface area contributed by atoms with Crippen LogP contribution in [0.4, 0.5) is 10.2 Å². The lowest BCUT2D eigenvalue weighted by molar-refractivity contribution is 0.0935. The Balaban J connectivity index is 0.000000336. The number of anilines is 1. The fraction of sp³-hybridized carbons (Fsp3) is 0.217. The number of hydrogen-bond acceptors (Lipinski definition) is 6. The standard InChI is InChI=1S/C17H16Cl2N6O2.C6H5F/c18-12-5-14(20-7-13(12)19)17(27)22-10-3-4-24(8-10)16-2-1-15-21-6-11(9-26)25(15)23-16;7-6-4-2-1-3-5-6/h1-2,5-7,10,26H,3-4,8-9H2,(H,22,27);1-5H/t10-;/m0./s1. The monoisotopic (exact) mass is 502 g/mol. The van der Waals surface area contributed by atoms with Crippen LogP contribution >= 0.6 is 23.2 Å². The number of carbonyl (C=O) groups is 1. The number of aromatic nitrogens is 4. The molecule has 8 nitrogen and oxygen atoms in total. The van der Waals surface area contributed by atoms with Gasteiger partial charge in [0.15, 0.2) is 5.65 Å². The van der Waals surface area contributed by atoms with Gasteiger partial charge in [-0.3, -0.25) is 4.79 Å². The molecule has 0 saturated carbocycles. The topological polar surface area (TPSA) is 95.7 Å². The third-order valence-electron chi connectivity index (χ3n) is 5.20. The molecule has 5 rings (SSSR count). The van der Waals surface area contributed by atoms with Crippen LogP contribution in [-0.2, 0) is 6.61 Å². The minimum atomic E-state index is -0.291. The minimum Gasteiger partial charge on any atom is -0.390 e. The molecule has 4 aromatic rings. The van der Waals surface area contributed by atoms with E-state index in [0.717, 1.165) is 18.8 Å². The van der Waals surface area contributed by atoms with Crippen LogP contribution in [0.3, 0.4) is 0 Å². The molecule has 0 aliphatic carbocycles. The molecule has 34 heavy (non-hydrogen) atoms. The van der Waals surface area contributed by atoms with Gasteiger partial charge in [0, 0.05) is 25.3 Å². The summed E-state index contributed by atoms with van der Waals surface area (Å²) in [6.07, 6.45) is 3.75. The number of nitrogens with one attached hydrogen (secondary N) is 1. The van der Waals surface area contributed by atoms with Crippen molar-refractivity contribution in [1.29, 1.82) is 0 Å². The van der Waals surface area contributed by atoms with Crippen molar-refractivity contribution < 1.29 is 14.3 Å². The zero-order valence-electron chi connectivity index (χ0n) is 17.9. The molecule has 0 bridgehead atoms. The highest BCUT2D eigenvalue weighted by Crippen LogP contribution is 2.22. The van der Waals surface area contributed by atoms with Crippen LogP contribution < -0.4 is 10.2 Å². The summed E-state index contributed by atoms with van der Waals surface area (Å²) in [6, 6.07) is 13.1. The van der Waals surface area contributed by atoms with Gasteiger partial charge in [-0.2, -0.15) is 0 Å². The smallest absolute Gasteiger partial charge is 0.270 e. The largest absolute Gasteiger partial charge is 0.390 e. The average Bonchev–Trinajstić information content (AvgIpc) is 3.48. The van der Waals surface area contributed by atoms with E-state index in [4.69, 9.17) is 23.2 Å². The molecule has 176 valence electrons. The molecule has 11 heteroatoms. The molecule has 1 amide bonds. The van der Waals surface area contributed by atoms with Crippen LogP contribution in [0.15, 0.2) is 60.9 Å². The van der Waals surface area contributed by atoms with E-state index in [9.17, 15) is 14.3 Å². The quantitative estimate of drug-likeness (QED) is 0.441. The second-order valence-electron chi connectivity index (χ2n) is 7.55. The Labute approximate surface area is 205 Å². The normalized spacial score (nSPS) is 15.2. The van der Waals surface area contributed by atoms with Gasteiger partial charge in [-0.25, -0.2) is 18.9 Å². The summed E-state index contributed by atoms with van der Waals surface area (Å²) in [5, 5.41) is 17.5. The fourth-order valence-electron chi connectivity index (χ4n) is 3.49. The van der Waals surface area contributed by atoms with Gasteiger partial charge in [0.1, 0.15) is 17.3 Å². The van der Waals surface area contributed by atoms with Gasteiger partial charge in [-0.1, -0.05) is 41.4 Å². The number of imidazole rings is 1. The number of nitrogens with zero attached hydrogens (tertiary/aromatic N) is 5. The van der Waals surface area contributed by atoms with Gasteiger partial charge in [0.2, 0.25) is 0 Å². The lowest BCUT2D eigenvalue weighted by Gasteiger charge is -2.18. The third kappa shape index (κ3) is 5.61. The number of aliphatic hydroxyl groups is 1. The van der Waals surface area contributed by atoms with E-state index < -0.39 is 0 Å². The molecular formula is C23H21Cl2FN6O2. The number of benzene rings is 1. The molecule has 1 aliphatic heterocycles. The van der Waals surface area contributed by atoms with Crippen molar-refractivity contribution in [3.8, 4) is 0 Å². The summed E-state index contributed by atoms with van der Waals surface area (Å²) in [7, 11) is 0. The van der Waals surface area contributed by atoms with Gasteiger partial charge in [0.05, 0.1) is 28.5 Å². The molecular weight excluding hydrogens is 482 g/mol.